The van der Waals surface area contributed by atoms with E-state index in [0.29, 0.717) is 21.4 Å². The Kier molecular flexibility index (Phi) is 10.9. The summed E-state index contributed by atoms with van der Waals surface area (Å²) >= 11 is -0.548. The topological polar surface area (TPSA) is 0 Å². The van der Waals surface area contributed by atoms with Crippen LogP contribution in [-0.4, -0.2) is 9.52 Å². The molecule has 0 aromatic carbocycles. The first kappa shape index (κ1) is 23.6. The normalized spacial score (nSPS) is 25.3. The molecule has 1 aliphatic heterocycles. The second kappa shape index (κ2) is 10.6. The Labute approximate surface area is 169 Å². The van der Waals surface area contributed by atoms with Crippen molar-refractivity contribution in [2.24, 2.45) is 11.8 Å². The van der Waals surface area contributed by atoms with Gasteiger partial charge in [-0.05, 0) is 0 Å². The van der Waals surface area contributed by atoms with E-state index in [0.717, 1.165) is 0 Å². The summed E-state index contributed by atoms with van der Waals surface area (Å²) in [5.74, 6) is 1.41. The maximum atomic E-state index is 2.45. The molecule has 4 heteroatoms. The fraction of sp³-hybridized carbons (Fsp3) is 0.579. The maximum Gasteiger partial charge on any atom is -1.00 e. The van der Waals surface area contributed by atoms with Crippen LogP contribution in [0.5, 0.6) is 0 Å². The molecule has 3 rings (SSSR count). The zero-order valence-electron chi connectivity index (χ0n) is 15.4. The van der Waals surface area contributed by atoms with Gasteiger partial charge in [0.25, 0.3) is 0 Å². The summed E-state index contributed by atoms with van der Waals surface area (Å²) in [6, 6.07) is 3.28. The molecule has 2 atom stereocenters. The molecule has 3 aliphatic rings. The van der Waals surface area contributed by atoms with E-state index in [1.165, 1.54) is 11.1 Å². The SMILES string of the molecule is C1C[SiH2]C1.CC1=CC(C)[C]([Zr+2][C]2=C(C)C(C)=CC2C)=C1C.[Cl-].[Cl-]. The van der Waals surface area contributed by atoms with Gasteiger partial charge in [0.05, 0.1) is 0 Å². The molecule has 1 saturated heterocycles. The summed E-state index contributed by atoms with van der Waals surface area (Å²) < 4.78 is 3.60. The number of rotatable bonds is 2. The van der Waals surface area contributed by atoms with Crippen LogP contribution in [0.25, 0.3) is 0 Å². The van der Waals surface area contributed by atoms with Gasteiger partial charge in [-0.2, -0.15) is 0 Å². The van der Waals surface area contributed by atoms with Crippen molar-refractivity contribution in [3.63, 3.8) is 0 Å². The van der Waals surface area contributed by atoms with Crippen LogP contribution >= 0.6 is 0 Å². The Morgan fingerprint density at radius 3 is 1.30 bits per heavy atom. The first-order valence-electron chi connectivity index (χ1n) is 8.48. The van der Waals surface area contributed by atoms with E-state index < -0.39 is 23.2 Å². The minimum Gasteiger partial charge on any atom is -1.00 e. The molecule has 2 aliphatic carbocycles. The smallest absolute Gasteiger partial charge is 1.00 e. The predicted octanol–water partition coefficient (Wildman–Crippen LogP) is -0.788. The zero-order chi connectivity index (χ0) is 15.6. The van der Waals surface area contributed by atoms with Crippen LogP contribution in [0.4, 0.5) is 0 Å². The van der Waals surface area contributed by atoms with Crippen LogP contribution in [0.15, 0.2) is 41.0 Å². The first-order valence-corrected chi connectivity index (χ1v) is 12.9. The average molecular weight is 449 g/mol. The fourth-order valence-corrected chi connectivity index (χ4v) is 7.72. The van der Waals surface area contributed by atoms with Crippen LogP contribution in [0, 0.1) is 11.8 Å². The van der Waals surface area contributed by atoms with Gasteiger partial charge in [0.15, 0.2) is 0 Å². The quantitative estimate of drug-likeness (QED) is 0.486. The standard InChI is InChI=1S/2C8H11.C3H8Si.2ClH.Zr/c2*1-6-4-7(2)8(3)5-6;1-2-4-3-1;;;/h2*4,6H,1-3H3;1-4H2;2*1H;/q;;;;;+2/p-2. The Morgan fingerprint density at radius 1 is 0.826 bits per heavy atom. The van der Waals surface area contributed by atoms with Crippen molar-refractivity contribution in [2.75, 3.05) is 0 Å². The molecule has 0 spiro atoms. The van der Waals surface area contributed by atoms with Gasteiger partial charge in [-0.15, -0.1) is 0 Å². The van der Waals surface area contributed by atoms with E-state index in [9.17, 15) is 0 Å². The first-order chi connectivity index (χ1) is 9.91. The van der Waals surface area contributed by atoms with Gasteiger partial charge in [-0.25, -0.2) is 0 Å². The van der Waals surface area contributed by atoms with Gasteiger partial charge in [0, 0.05) is 9.52 Å². The van der Waals surface area contributed by atoms with E-state index in [1.807, 2.05) is 0 Å². The molecule has 1 fully saturated rings. The molecule has 0 aromatic heterocycles. The molecule has 0 saturated carbocycles. The van der Waals surface area contributed by atoms with E-state index in [4.69, 9.17) is 0 Å². The molecule has 128 valence electrons. The van der Waals surface area contributed by atoms with Crippen molar-refractivity contribution in [2.45, 2.75) is 60.1 Å². The molecule has 23 heavy (non-hydrogen) atoms. The van der Waals surface area contributed by atoms with Gasteiger partial charge in [0.2, 0.25) is 0 Å². The summed E-state index contributed by atoms with van der Waals surface area (Å²) in [6.45, 7) is 13.9. The molecule has 2 unspecified atom stereocenters. The summed E-state index contributed by atoms with van der Waals surface area (Å²) in [6.07, 6.45) is 6.45. The third-order valence-electron chi connectivity index (χ3n) is 5.17. The summed E-state index contributed by atoms with van der Waals surface area (Å²) in [5.41, 5.74) is 6.23. The molecule has 0 radical (unpaired) electrons. The molecule has 0 nitrogen and oxygen atoms in total. The van der Waals surface area contributed by atoms with Crippen molar-refractivity contribution >= 4 is 9.52 Å². The van der Waals surface area contributed by atoms with Crippen LogP contribution in [0.3, 0.4) is 0 Å². The van der Waals surface area contributed by atoms with Crippen LogP contribution < -0.4 is 24.8 Å². The van der Waals surface area contributed by atoms with Crippen molar-refractivity contribution in [3.05, 3.63) is 41.0 Å². The Bertz CT molecular complexity index is 492. The van der Waals surface area contributed by atoms with Gasteiger partial charge >= 0.3 is 118 Å². The van der Waals surface area contributed by atoms with Gasteiger partial charge in [0.1, 0.15) is 0 Å². The van der Waals surface area contributed by atoms with Crippen LogP contribution in [-0.2, 0) is 23.2 Å². The summed E-state index contributed by atoms with van der Waals surface area (Å²) in [5, 5.41) is 0. The number of allylic oxidation sites excluding steroid dienone is 8. The minimum atomic E-state index is -0.548. The molecule has 0 aromatic rings. The molecule has 0 amide bonds. The fourth-order valence-electron chi connectivity index (χ4n) is 3.08. The molecule has 0 bridgehead atoms. The molecular formula is C19H30Cl2SiZr. The summed E-state index contributed by atoms with van der Waals surface area (Å²) in [7, 11) is 0.605. The van der Waals surface area contributed by atoms with Gasteiger partial charge in [-0.1, -0.05) is 18.5 Å². The maximum absolute atomic E-state index is 2.45. The van der Waals surface area contributed by atoms with Gasteiger partial charge in [-0.3, -0.25) is 0 Å². The Hall–Kier alpha value is 0.640. The van der Waals surface area contributed by atoms with Crippen molar-refractivity contribution in [1.29, 1.82) is 0 Å². The van der Waals surface area contributed by atoms with E-state index in [-0.39, 0.29) is 24.8 Å². The third-order valence-corrected chi connectivity index (χ3v) is 12.6. The number of hydrogen-bond donors (Lipinski definition) is 0. The number of hydrogen-bond acceptors (Lipinski definition) is 0. The van der Waals surface area contributed by atoms with Crippen LogP contribution in [0.2, 0.25) is 12.1 Å². The van der Waals surface area contributed by atoms with E-state index in [2.05, 4.69) is 53.7 Å². The monoisotopic (exact) mass is 446 g/mol. The number of halogens is 2. The third kappa shape index (κ3) is 5.84. The predicted molar refractivity (Wildman–Crippen MR) is 94.0 cm³/mol. The van der Waals surface area contributed by atoms with Crippen molar-refractivity contribution in [3.8, 4) is 0 Å². The van der Waals surface area contributed by atoms with Crippen molar-refractivity contribution < 1.29 is 48.0 Å². The minimum absolute atomic E-state index is 0. The second-order valence-corrected chi connectivity index (χ2v) is 12.3. The van der Waals surface area contributed by atoms with E-state index >= 15 is 0 Å². The average Bonchev–Trinajstić information content (AvgIpc) is 2.71. The van der Waals surface area contributed by atoms with E-state index in [1.54, 1.807) is 36.2 Å². The molecular weight excluding hydrogens is 418 g/mol. The summed E-state index contributed by atoms with van der Waals surface area (Å²) in [4.78, 5) is 0. The van der Waals surface area contributed by atoms with Crippen LogP contribution in [0.1, 0.15) is 48.0 Å². The largest absolute Gasteiger partial charge is 1.00 e. The second-order valence-electron chi connectivity index (χ2n) is 6.89. The Balaban J connectivity index is 0.000000706. The molecule has 1 heterocycles. The molecule has 0 N–H and O–H groups in total. The zero-order valence-corrected chi connectivity index (χ0v) is 20.8. The van der Waals surface area contributed by atoms with Gasteiger partial charge < -0.3 is 24.8 Å². The Morgan fingerprint density at radius 2 is 1.13 bits per heavy atom. The van der Waals surface area contributed by atoms with Crippen molar-refractivity contribution in [1.82, 2.24) is 0 Å².